The third kappa shape index (κ3) is 4.34. The van der Waals surface area contributed by atoms with E-state index in [9.17, 15) is 0 Å². The minimum Gasteiger partial charge on any atom is -0.0966 e. The zero-order valence-corrected chi connectivity index (χ0v) is 13.5. The van der Waals surface area contributed by atoms with Gasteiger partial charge in [-0.05, 0) is 40.2 Å². The van der Waals surface area contributed by atoms with Gasteiger partial charge in [-0.15, -0.1) is 0 Å². The van der Waals surface area contributed by atoms with Gasteiger partial charge in [0.05, 0.1) is 0 Å². The summed E-state index contributed by atoms with van der Waals surface area (Å²) >= 11 is 3.30. The van der Waals surface area contributed by atoms with Crippen LogP contribution in [0.3, 0.4) is 0 Å². The van der Waals surface area contributed by atoms with Gasteiger partial charge in [-0.25, -0.2) is 0 Å². The summed E-state index contributed by atoms with van der Waals surface area (Å²) in [4.78, 5) is 1.85. The van der Waals surface area contributed by atoms with Crippen LogP contribution in [0.4, 0.5) is 0 Å². The van der Waals surface area contributed by atoms with Gasteiger partial charge in [-0.2, -0.15) is 0 Å². The van der Waals surface area contributed by atoms with E-state index in [1.54, 1.807) is 0 Å². The fourth-order valence-electron chi connectivity index (χ4n) is 2.12. The van der Waals surface area contributed by atoms with Crippen LogP contribution in [-0.2, 0) is 0 Å². The van der Waals surface area contributed by atoms with Crippen molar-refractivity contribution in [2.75, 3.05) is 0 Å². The van der Waals surface area contributed by atoms with E-state index >= 15 is 0 Å². The molecule has 0 atom stereocenters. The Morgan fingerprint density at radius 3 is 2.48 bits per heavy atom. The van der Waals surface area contributed by atoms with E-state index in [4.69, 9.17) is 7.85 Å². The molecule has 0 saturated carbocycles. The molecular formula is C19H16BBr. The quantitative estimate of drug-likeness (QED) is 0.544. The monoisotopic (exact) mass is 334 g/mol. The van der Waals surface area contributed by atoms with E-state index in [-0.39, 0.29) is 0 Å². The van der Waals surface area contributed by atoms with E-state index < -0.39 is 0 Å². The molecule has 0 aliphatic heterocycles. The first-order chi connectivity index (χ1) is 10.2. The van der Waals surface area contributed by atoms with Gasteiger partial charge < -0.3 is 0 Å². The molecule has 0 N–H and O–H groups in total. The van der Waals surface area contributed by atoms with Crippen LogP contribution in [-0.4, -0.2) is 7.85 Å². The van der Waals surface area contributed by atoms with Crippen LogP contribution in [0.25, 0.3) is 16.7 Å². The smallest absolute Gasteiger partial charge is 0.0966 e. The number of rotatable bonds is 4. The van der Waals surface area contributed by atoms with Gasteiger partial charge in [-0.3, -0.25) is 0 Å². The average molecular weight is 335 g/mol. The molecule has 0 aliphatic rings. The zero-order chi connectivity index (χ0) is 15.1. The third-order valence-corrected chi connectivity index (χ3v) is 3.44. The van der Waals surface area contributed by atoms with Gasteiger partial charge in [0.15, 0.2) is 0 Å². The minimum atomic E-state index is 0.784. The van der Waals surface area contributed by atoms with Crippen LogP contribution in [0, 0.1) is 0 Å². The fourth-order valence-corrected chi connectivity index (χ4v) is 2.27. The number of halogens is 1. The molecule has 2 aromatic carbocycles. The molecule has 0 fully saturated rings. The van der Waals surface area contributed by atoms with Crippen LogP contribution in [0.5, 0.6) is 0 Å². The highest BCUT2D eigenvalue weighted by molar-refractivity contribution is 9.11. The van der Waals surface area contributed by atoms with Crippen molar-refractivity contribution >= 4 is 34.8 Å². The van der Waals surface area contributed by atoms with Gasteiger partial charge in [0.1, 0.15) is 7.85 Å². The predicted molar refractivity (Wildman–Crippen MR) is 98.1 cm³/mol. The largest absolute Gasteiger partial charge is 0.113 e. The molecule has 0 nitrogen and oxygen atoms in total. The minimum absolute atomic E-state index is 0.784. The molecule has 102 valence electrons. The van der Waals surface area contributed by atoms with Crippen molar-refractivity contribution in [3.63, 3.8) is 0 Å². The van der Waals surface area contributed by atoms with E-state index in [2.05, 4.69) is 52.3 Å². The van der Waals surface area contributed by atoms with Gasteiger partial charge in [-0.1, -0.05) is 88.2 Å². The van der Waals surface area contributed by atoms with Crippen molar-refractivity contribution in [2.45, 2.75) is 6.92 Å². The number of allylic oxidation sites excluding steroid dienone is 5. The highest BCUT2D eigenvalue weighted by atomic mass is 79.9. The van der Waals surface area contributed by atoms with Crippen LogP contribution in [0.15, 0.2) is 77.8 Å². The van der Waals surface area contributed by atoms with Crippen molar-refractivity contribution in [1.29, 1.82) is 0 Å². The average Bonchev–Trinajstić information content (AvgIpc) is 2.52. The van der Waals surface area contributed by atoms with Crippen LogP contribution in [0.2, 0.25) is 0 Å². The molecule has 0 heterocycles. The third-order valence-electron chi connectivity index (χ3n) is 3.13. The van der Waals surface area contributed by atoms with Crippen LogP contribution in [0.1, 0.15) is 12.5 Å². The SMILES string of the molecule is [B]c1ccc(-c2cccc(C(/C=C\C)=C/C=C/Br)c2)cc1. The number of hydrogen-bond acceptors (Lipinski definition) is 0. The first-order valence-corrected chi connectivity index (χ1v) is 7.72. The Balaban J connectivity index is 2.42. The van der Waals surface area contributed by atoms with E-state index in [0.29, 0.717) is 0 Å². The van der Waals surface area contributed by atoms with Crippen molar-refractivity contribution in [3.8, 4) is 11.1 Å². The molecule has 2 aromatic rings. The molecule has 0 bridgehead atoms. The van der Waals surface area contributed by atoms with E-state index in [0.717, 1.165) is 5.46 Å². The Bertz CT molecular complexity index is 679. The molecule has 0 spiro atoms. The predicted octanol–water partition coefficient (Wildman–Crippen LogP) is 5.02. The summed E-state index contributed by atoms with van der Waals surface area (Å²) in [6.45, 7) is 2.02. The topological polar surface area (TPSA) is 0 Å². The molecule has 0 saturated heterocycles. The molecule has 21 heavy (non-hydrogen) atoms. The second kappa shape index (κ2) is 7.85. The second-order valence-corrected chi connectivity index (χ2v) is 5.17. The molecule has 0 unspecified atom stereocenters. The maximum Gasteiger partial charge on any atom is 0.113 e. The maximum atomic E-state index is 5.75. The first-order valence-electron chi connectivity index (χ1n) is 6.80. The highest BCUT2D eigenvalue weighted by Gasteiger charge is 2.01. The second-order valence-electron chi connectivity index (χ2n) is 4.64. The van der Waals surface area contributed by atoms with Crippen molar-refractivity contribution in [3.05, 3.63) is 83.4 Å². The Morgan fingerprint density at radius 2 is 1.81 bits per heavy atom. The van der Waals surface area contributed by atoms with E-state index in [1.165, 1.54) is 22.3 Å². The lowest BCUT2D eigenvalue weighted by molar-refractivity contribution is 1.58. The molecule has 2 heteroatoms. The molecule has 2 rings (SSSR count). The normalized spacial score (nSPS) is 12.4. The lowest BCUT2D eigenvalue weighted by atomic mass is 9.93. The van der Waals surface area contributed by atoms with Crippen LogP contribution >= 0.6 is 15.9 Å². The van der Waals surface area contributed by atoms with Gasteiger partial charge >= 0.3 is 0 Å². The Hall–Kier alpha value is -1.80. The summed E-state index contributed by atoms with van der Waals surface area (Å²) in [5, 5.41) is 0. The highest BCUT2D eigenvalue weighted by Crippen LogP contribution is 2.24. The molecular weight excluding hydrogens is 319 g/mol. The molecule has 0 aliphatic carbocycles. The molecule has 0 aromatic heterocycles. The summed E-state index contributed by atoms with van der Waals surface area (Å²) < 4.78 is 0. The molecule has 0 amide bonds. The zero-order valence-electron chi connectivity index (χ0n) is 12.0. The summed E-state index contributed by atoms with van der Waals surface area (Å²) in [7, 11) is 5.75. The lowest BCUT2D eigenvalue weighted by Crippen LogP contribution is -1.99. The Kier molecular flexibility index (Phi) is 5.83. The number of benzene rings is 2. The summed E-state index contributed by atoms with van der Waals surface area (Å²) in [6.07, 6.45) is 8.21. The number of hydrogen-bond donors (Lipinski definition) is 0. The van der Waals surface area contributed by atoms with Gasteiger partial charge in [0.25, 0.3) is 0 Å². The Labute approximate surface area is 136 Å². The lowest BCUT2D eigenvalue weighted by Gasteiger charge is -2.07. The van der Waals surface area contributed by atoms with Gasteiger partial charge in [0, 0.05) is 0 Å². The first kappa shape index (κ1) is 15.6. The summed E-state index contributed by atoms with van der Waals surface area (Å²) in [5.74, 6) is 0. The fraction of sp³-hybridized carbons (Fsp3) is 0.0526. The van der Waals surface area contributed by atoms with Crippen molar-refractivity contribution < 1.29 is 0 Å². The van der Waals surface area contributed by atoms with Crippen LogP contribution < -0.4 is 5.46 Å². The van der Waals surface area contributed by atoms with Gasteiger partial charge in [0.2, 0.25) is 0 Å². The maximum absolute atomic E-state index is 5.75. The van der Waals surface area contributed by atoms with Crippen molar-refractivity contribution in [1.82, 2.24) is 0 Å². The summed E-state index contributed by atoms with van der Waals surface area (Å²) in [6, 6.07) is 16.5. The summed E-state index contributed by atoms with van der Waals surface area (Å²) in [5.41, 5.74) is 5.50. The van der Waals surface area contributed by atoms with Crippen molar-refractivity contribution in [2.24, 2.45) is 0 Å². The molecule has 2 radical (unpaired) electrons. The standard InChI is InChI=1S/C19H16BBr/c1-2-5-15(8-4-13-21)17-6-3-7-18(14-17)16-9-11-19(20)12-10-16/h2-14H,1H3/b5-2-,13-4+,15-8+. The van der Waals surface area contributed by atoms with E-state index in [1.807, 2.05) is 48.3 Å². The Morgan fingerprint density at radius 1 is 1.05 bits per heavy atom.